The van der Waals surface area contributed by atoms with Crippen molar-refractivity contribution in [3.05, 3.63) is 59.7 Å². The van der Waals surface area contributed by atoms with Gasteiger partial charge >= 0.3 is 0 Å². The number of nitrogens with one attached hydrogen (secondary N) is 1. The molecule has 1 saturated heterocycles. The van der Waals surface area contributed by atoms with Gasteiger partial charge in [-0.1, -0.05) is 37.3 Å². The highest BCUT2D eigenvalue weighted by Gasteiger charge is 2.30. The molecule has 0 aromatic heterocycles. The summed E-state index contributed by atoms with van der Waals surface area (Å²) < 4.78 is 0. The van der Waals surface area contributed by atoms with Crippen LogP contribution in [0.15, 0.2) is 48.5 Å². The Balaban J connectivity index is 1.73. The van der Waals surface area contributed by atoms with Gasteiger partial charge in [-0.3, -0.25) is 14.4 Å². The molecule has 2 amide bonds. The van der Waals surface area contributed by atoms with Crippen molar-refractivity contribution in [2.24, 2.45) is 0 Å². The summed E-state index contributed by atoms with van der Waals surface area (Å²) in [7, 11) is 1.74. The lowest BCUT2D eigenvalue weighted by Gasteiger charge is -2.12. The van der Waals surface area contributed by atoms with E-state index in [0.717, 1.165) is 11.1 Å². The molecule has 134 valence electrons. The molecule has 5 heteroatoms. The molecule has 1 heterocycles. The number of ketones is 1. The molecule has 0 unspecified atom stereocenters. The van der Waals surface area contributed by atoms with Gasteiger partial charge in [0.2, 0.25) is 5.91 Å². The van der Waals surface area contributed by atoms with Gasteiger partial charge in [-0.15, -0.1) is 0 Å². The second-order valence-corrected chi connectivity index (χ2v) is 6.51. The molecule has 1 aliphatic rings. The Morgan fingerprint density at radius 3 is 2.42 bits per heavy atom. The zero-order valence-corrected chi connectivity index (χ0v) is 15.0. The quantitative estimate of drug-likeness (QED) is 0.843. The molecule has 5 nitrogen and oxygen atoms in total. The van der Waals surface area contributed by atoms with Crippen LogP contribution in [-0.2, 0) is 4.79 Å². The van der Waals surface area contributed by atoms with Gasteiger partial charge in [0.15, 0.2) is 5.78 Å². The SMILES string of the molecule is CCC(=O)c1cccc(-c2ccc(C(=O)N[C@@H]3CCN(C)C3=O)cc2)c1. The predicted molar refractivity (Wildman–Crippen MR) is 100 cm³/mol. The molecule has 0 saturated carbocycles. The third-order valence-corrected chi connectivity index (χ3v) is 4.72. The van der Waals surface area contributed by atoms with E-state index in [-0.39, 0.29) is 17.6 Å². The molecule has 2 aromatic carbocycles. The number of benzene rings is 2. The van der Waals surface area contributed by atoms with E-state index in [2.05, 4.69) is 5.32 Å². The van der Waals surface area contributed by atoms with Crippen molar-refractivity contribution in [3.8, 4) is 11.1 Å². The average Bonchev–Trinajstić information content (AvgIpc) is 2.99. The van der Waals surface area contributed by atoms with E-state index in [1.54, 1.807) is 24.1 Å². The molecule has 1 aliphatic heterocycles. The topological polar surface area (TPSA) is 66.5 Å². The molecule has 1 fully saturated rings. The first kappa shape index (κ1) is 17.9. The van der Waals surface area contributed by atoms with Crippen LogP contribution < -0.4 is 5.32 Å². The number of nitrogens with zero attached hydrogens (tertiary/aromatic N) is 1. The molecule has 1 atom stereocenters. The van der Waals surface area contributed by atoms with E-state index < -0.39 is 6.04 Å². The monoisotopic (exact) mass is 350 g/mol. The first-order valence-electron chi connectivity index (χ1n) is 8.79. The standard InChI is InChI=1S/C21H22N2O3/c1-3-19(24)17-6-4-5-16(13-17)14-7-9-15(10-8-14)20(25)22-18-11-12-23(2)21(18)26/h4-10,13,18H,3,11-12H2,1-2H3,(H,22,25)/t18-/m1/s1. The fourth-order valence-electron chi connectivity index (χ4n) is 3.09. The van der Waals surface area contributed by atoms with Gasteiger partial charge in [-0.05, 0) is 35.7 Å². The average molecular weight is 350 g/mol. The van der Waals surface area contributed by atoms with E-state index in [1.165, 1.54) is 0 Å². The van der Waals surface area contributed by atoms with Gasteiger partial charge < -0.3 is 10.2 Å². The van der Waals surface area contributed by atoms with Gasteiger partial charge in [0.25, 0.3) is 5.91 Å². The van der Waals surface area contributed by atoms with Crippen LogP contribution in [0.3, 0.4) is 0 Å². The maximum absolute atomic E-state index is 12.4. The number of amides is 2. The number of Topliss-reactive ketones (excluding diaryl/α,β-unsaturated/α-hetero) is 1. The minimum atomic E-state index is -0.441. The second kappa shape index (κ2) is 7.52. The Morgan fingerprint density at radius 2 is 1.81 bits per heavy atom. The minimum absolute atomic E-state index is 0.0487. The summed E-state index contributed by atoms with van der Waals surface area (Å²) in [6.45, 7) is 2.50. The Morgan fingerprint density at radius 1 is 1.08 bits per heavy atom. The van der Waals surface area contributed by atoms with E-state index in [4.69, 9.17) is 0 Å². The smallest absolute Gasteiger partial charge is 0.251 e. The maximum atomic E-state index is 12.4. The molecule has 0 bridgehead atoms. The lowest BCUT2D eigenvalue weighted by atomic mass is 9.99. The van der Waals surface area contributed by atoms with Crippen molar-refractivity contribution in [1.29, 1.82) is 0 Å². The van der Waals surface area contributed by atoms with Crippen LogP contribution in [0.1, 0.15) is 40.5 Å². The van der Waals surface area contributed by atoms with Crippen molar-refractivity contribution < 1.29 is 14.4 Å². The normalized spacial score (nSPS) is 16.6. The summed E-state index contributed by atoms with van der Waals surface area (Å²) in [5.74, 6) is -0.193. The number of likely N-dealkylation sites (N-methyl/N-ethyl adjacent to an activating group) is 1. The molecule has 0 spiro atoms. The Labute approximate surface area is 153 Å². The predicted octanol–water partition coefficient (Wildman–Crippen LogP) is 2.91. The number of carbonyl (C=O) groups is 3. The van der Waals surface area contributed by atoms with Gasteiger partial charge in [0, 0.05) is 31.1 Å². The van der Waals surface area contributed by atoms with Crippen LogP contribution in [0.5, 0.6) is 0 Å². The number of hydrogen-bond donors (Lipinski definition) is 1. The van der Waals surface area contributed by atoms with Crippen LogP contribution in [0, 0.1) is 0 Å². The Bertz CT molecular complexity index is 843. The van der Waals surface area contributed by atoms with E-state index in [9.17, 15) is 14.4 Å². The zero-order valence-electron chi connectivity index (χ0n) is 15.0. The van der Waals surface area contributed by atoms with Crippen molar-refractivity contribution >= 4 is 17.6 Å². The first-order valence-corrected chi connectivity index (χ1v) is 8.79. The number of hydrogen-bond acceptors (Lipinski definition) is 3. The molecule has 3 rings (SSSR count). The van der Waals surface area contributed by atoms with Crippen molar-refractivity contribution in [2.45, 2.75) is 25.8 Å². The van der Waals surface area contributed by atoms with E-state index in [0.29, 0.717) is 30.5 Å². The summed E-state index contributed by atoms with van der Waals surface area (Å²) in [5, 5.41) is 2.79. The molecule has 26 heavy (non-hydrogen) atoms. The molecule has 1 N–H and O–H groups in total. The van der Waals surface area contributed by atoms with Crippen LogP contribution in [0.4, 0.5) is 0 Å². The largest absolute Gasteiger partial charge is 0.344 e. The Hall–Kier alpha value is -2.95. The first-order chi connectivity index (χ1) is 12.5. The highest BCUT2D eigenvalue weighted by Crippen LogP contribution is 2.22. The molecule has 2 aromatic rings. The minimum Gasteiger partial charge on any atom is -0.344 e. The van der Waals surface area contributed by atoms with Crippen molar-refractivity contribution in [3.63, 3.8) is 0 Å². The molecular weight excluding hydrogens is 328 g/mol. The molecule has 0 aliphatic carbocycles. The lowest BCUT2D eigenvalue weighted by Crippen LogP contribution is -2.40. The van der Waals surface area contributed by atoms with E-state index >= 15 is 0 Å². The fourth-order valence-corrected chi connectivity index (χ4v) is 3.09. The van der Waals surface area contributed by atoms with Crippen molar-refractivity contribution in [1.82, 2.24) is 10.2 Å². The van der Waals surface area contributed by atoms with Crippen LogP contribution in [0.2, 0.25) is 0 Å². The highest BCUT2D eigenvalue weighted by molar-refractivity contribution is 5.99. The third-order valence-electron chi connectivity index (χ3n) is 4.72. The van der Waals surface area contributed by atoms with Gasteiger partial charge in [-0.2, -0.15) is 0 Å². The van der Waals surface area contributed by atoms with Crippen LogP contribution >= 0.6 is 0 Å². The third kappa shape index (κ3) is 3.67. The van der Waals surface area contributed by atoms with Crippen molar-refractivity contribution in [2.75, 3.05) is 13.6 Å². The summed E-state index contributed by atoms with van der Waals surface area (Å²) in [6, 6.07) is 14.2. The lowest BCUT2D eigenvalue weighted by molar-refractivity contribution is -0.128. The summed E-state index contributed by atoms with van der Waals surface area (Å²) in [5.41, 5.74) is 3.07. The molecular formula is C21H22N2O3. The number of likely N-dealkylation sites (tertiary alicyclic amines) is 1. The van der Waals surface area contributed by atoms with E-state index in [1.807, 2.05) is 43.3 Å². The molecule has 0 radical (unpaired) electrons. The van der Waals surface area contributed by atoms with Gasteiger partial charge in [-0.25, -0.2) is 0 Å². The number of carbonyl (C=O) groups excluding carboxylic acids is 3. The highest BCUT2D eigenvalue weighted by atomic mass is 16.2. The summed E-state index contributed by atoms with van der Waals surface area (Å²) in [6.07, 6.45) is 1.11. The second-order valence-electron chi connectivity index (χ2n) is 6.51. The zero-order chi connectivity index (χ0) is 18.7. The van der Waals surface area contributed by atoms with Gasteiger partial charge in [0.05, 0.1) is 0 Å². The summed E-state index contributed by atoms with van der Waals surface area (Å²) >= 11 is 0. The van der Waals surface area contributed by atoms with Gasteiger partial charge in [0.1, 0.15) is 6.04 Å². The van der Waals surface area contributed by atoms with Crippen LogP contribution in [-0.4, -0.2) is 42.1 Å². The fraction of sp³-hybridized carbons (Fsp3) is 0.286. The maximum Gasteiger partial charge on any atom is 0.251 e. The van der Waals surface area contributed by atoms with Crippen LogP contribution in [0.25, 0.3) is 11.1 Å². The Kier molecular flexibility index (Phi) is 5.16. The summed E-state index contributed by atoms with van der Waals surface area (Å²) in [4.78, 5) is 37.8. The number of rotatable bonds is 5.